The van der Waals surface area contributed by atoms with Gasteiger partial charge in [0.2, 0.25) is 5.91 Å². The van der Waals surface area contributed by atoms with E-state index in [1.54, 1.807) is 30.3 Å². The third kappa shape index (κ3) is 5.28. The van der Waals surface area contributed by atoms with E-state index < -0.39 is 23.8 Å². The lowest BCUT2D eigenvalue weighted by Crippen LogP contribution is -2.43. The van der Waals surface area contributed by atoms with Gasteiger partial charge in [0.25, 0.3) is 5.91 Å². The Labute approximate surface area is 138 Å². The number of hydrogen-bond acceptors (Lipinski definition) is 4. The molecule has 2 rings (SSSR count). The van der Waals surface area contributed by atoms with Gasteiger partial charge in [0.15, 0.2) is 5.76 Å². The fraction of sp³-hybridized carbons (Fsp3) is 0.235. The smallest absolute Gasteiger partial charge is 0.326 e. The summed E-state index contributed by atoms with van der Waals surface area (Å²) in [6, 6.07) is 11.1. The maximum absolute atomic E-state index is 11.9. The lowest BCUT2D eigenvalue weighted by molar-refractivity contribution is -0.141. The van der Waals surface area contributed by atoms with Crippen molar-refractivity contribution >= 4 is 17.8 Å². The molecule has 0 spiro atoms. The number of hydrogen-bond donors (Lipinski definition) is 3. The molecular formula is C17H18N2O5. The SMILES string of the molecule is O=C(CCNC(=O)c1ccco1)NC(Cc1ccccc1)C(=O)O. The number of carbonyl (C=O) groups is 3. The van der Waals surface area contributed by atoms with Gasteiger partial charge in [0, 0.05) is 19.4 Å². The van der Waals surface area contributed by atoms with Crippen LogP contribution in [0.15, 0.2) is 53.1 Å². The third-order valence-electron chi connectivity index (χ3n) is 3.30. The molecule has 0 bridgehead atoms. The lowest BCUT2D eigenvalue weighted by Gasteiger charge is -2.14. The van der Waals surface area contributed by atoms with Crippen molar-refractivity contribution in [3.63, 3.8) is 0 Å². The largest absolute Gasteiger partial charge is 0.480 e. The first kappa shape index (κ1) is 17.3. The van der Waals surface area contributed by atoms with E-state index in [1.165, 1.54) is 12.3 Å². The summed E-state index contributed by atoms with van der Waals surface area (Å²) in [6.45, 7) is 0.0864. The molecule has 1 atom stereocenters. The second-order valence-electron chi connectivity index (χ2n) is 5.13. The zero-order valence-corrected chi connectivity index (χ0v) is 12.9. The van der Waals surface area contributed by atoms with Gasteiger partial charge in [-0.3, -0.25) is 9.59 Å². The fourth-order valence-electron chi connectivity index (χ4n) is 2.10. The molecule has 0 radical (unpaired) electrons. The summed E-state index contributed by atoms with van der Waals surface area (Å²) in [5, 5.41) is 14.2. The number of carbonyl (C=O) groups excluding carboxylic acids is 2. The molecule has 0 aliphatic rings. The molecule has 0 saturated heterocycles. The van der Waals surface area contributed by atoms with E-state index in [9.17, 15) is 19.5 Å². The third-order valence-corrected chi connectivity index (χ3v) is 3.30. The molecule has 7 heteroatoms. The van der Waals surface area contributed by atoms with Crippen LogP contribution < -0.4 is 10.6 Å². The molecule has 1 unspecified atom stereocenters. The van der Waals surface area contributed by atoms with Crippen LogP contribution in [-0.4, -0.2) is 35.5 Å². The van der Waals surface area contributed by atoms with Crippen molar-refractivity contribution < 1.29 is 23.9 Å². The van der Waals surface area contributed by atoms with Crippen molar-refractivity contribution in [3.05, 3.63) is 60.1 Å². The Hall–Kier alpha value is -3.09. The van der Waals surface area contributed by atoms with Gasteiger partial charge >= 0.3 is 5.97 Å². The van der Waals surface area contributed by atoms with Crippen LogP contribution in [0, 0.1) is 0 Å². The molecule has 2 amide bonds. The summed E-state index contributed by atoms with van der Waals surface area (Å²) in [5.41, 5.74) is 0.816. The molecular weight excluding hydrogens is 312 g/mol. The summed E-state index contributed by atoms with van der Waals surface area (Å²) in [5.74, 6) is -1.82. The predicted molar refractivity (Wildman–Crippen MR) is 85.4 cm³/mol. The highest BCUT2D eigenvalue weighted by Crippen LogP contribution is 2.04. The van der Waals surface area contributed by atoms with Crippen molar-refractivity contribution in [2.24, 2.45) is 0 Å². The van der Waals surface area contributed by atoms with Gasteiger partial charge in [-0.25, -0.2) is 4.79 Å². The Bertz CT molecular complexity index is 682. The van der Waals surface area contributed by atoms with Gasteiger partial charge in [-0.1, -0.05) is 30.3 Å². The van der Waals surface area contributed by atoms with Crippen molar-refractivity contribution in [2.45, 2.75) is 18.9 Å². The highest BCUT2D eigenvalue weighted by atomic mass is 16.4. The molecule has 0 aliphatic heterocycles. The fourth-order valence-corrected chi connectivity index (χ4v) is 2.10. The van der Waals surface area contributed by atoms with E-state index in [0.29, 0.717) is 0 Å². The Morgan fingerprint density at radius 2 is 1.83 bits per heavy atom. The van der Waals surface area contributed by atoms with Crippen molar-refractivity contribution in [2.75, 3.05) is 6.54 Å². The first-order valence-electron chi connectivity index (χ1n) is 7.44. The van der Waals surface area contributed by atoms with Crippen LogP contribution in [0.1, 0.15) is 22.5 Å². The van der Waals surface area contributed by atoms with Crippen molar-refractivity contribution in [1.82, 2.24) is 10.6 Å². The van der Waals surface area contributed by atoms with Gasteiger partial charge in [-0.15, -0.1) is 0 Å². The maximum atomic E-state index is 11.9. The molecule has 7 nitrogen and oxygen atoms in total. The summed E-state index contributed by atoms with van der Waals surface area (Å²) in [6.07, 6.45) is 1.55. The molecule has 1 aromatic heterocycles. The highest BCUT2D eigenvalue weighted by molar-refractivity contribution is 5.91. The monoisotopic (exact) mass is 330 g/mol. The van der Waals surface area contributed by atoms with E-state index in [4.69, 9.17) is 4.42 Å². The second kappa shape index (κ2) is 8.52. The molecule has 0 saturated carbocycles. The summed E-state index contributed by atoms with van der Waals surface area (Å²) in [7, 11) is 0. The maximum Gasteiger partial charge on any atom is 0.326 e. The van der Waals surface area contributed by atoms with Crippen LogP contribution >= 0.6 is 0 Å². The summed E-state index contributed by atoms with van der Waals surface area (Å²) in [4.78, 5) is 34.8. The summed E-state index contributed by atoms with van der Waals surface area (Å²) < 4.78 is 4.92. The van der Waals surface area contributed by atoms with E-state index in [-0.39, 0.29) is 25.1 Å². The van der Waals surface area contributed by atoms with E-state index in [0.717, 1.165) is 5.56 Å². The van der Waals surface area contributed by atoms with Crippen molar-refractivity contribution in [3.8, 4) is 0 Å². The van der Waals surface area contributed by atoms with Crippen LogP contribution in [0.2, 0.25) is 0 Å². The molecule has 2 aromatic rings. The number of rotatable bonds is 8. The molecule has 3 N–H and O–H groups in total. The zero-order chi connectivity index (χ0) is 17.4. The van der Waals surface area contributed by atoms with Crippen molar-refractivity contribution in [1.29, 1.82) is 0 Å². The topological polar surface area (TPSA) is 109 Å². The second-order valence-corrected chi connectivity index (χ2v) is 5.13. The van der Waals surface area contributed by atoms with Gasteiger partial charge < -0.3 is 20.2 Å². The first-order valence-corrected chi connectivity index (χ1v) is 7.44. The van der Waals surface area contributed by atoms with E-state index >= 15 is 0 Å². The zero-order valence-electron chi connectivity index (χ0n) is 12.9. The van der Waals surface area contributed by atoms with Crippen LogP contribution in [0.5, 0.6) is 0 Å². The molecule has 24 heavy (non-hydrogen) atoms. The number of carboxylic acids is 1. The average molecular weight is 330 g/mol. The minimum Gasteiger partial charge on any atom is -0.480 e. The minimum atomic E-state index is -1.10. The van der Waals surface area contributed by atoms with Gasteiger partial charge in [-0.2, -0.15) is 0 Å². The summed E-state index contributed by atoms with van der Waals surface area (Å²) >= 11 is 0. The average Bonchev–Trinajstić information content (AvgIpc) is 3.09. The predicted octanol–water partition coefficient (Wildman–Crippen LogP) is 1.21. The van der Waals surface area contributed by atoms with Crippen LogP contribution in [0.4, 0.5) is 0 Å². The molecule has 1 heterocycles. The normalized spacial score (nSPS) is 11.5. The van der Waals surface area contributed by atoms with E-state index in [1.807, 2.05) is 6.07 Å². The molecule has 0 fully saturated rings. The van der Waals surface area contributed by atoms with Gasteiger partial charge in [0.1, 0.15) is 6.04 Å². The minimum absolute atomic E-state index is 0.0228. The van der Waals surface area contributed by atoms with Crippen LogP contribution in [-0.2, 0) is 16.0 Å². The Kier molecular flexibility index (Phi) is 6.13. The standard InChI is InChI=1S/C17H18N2O5/c20-15(8-9-18-16(21)14-7-4-10-24-14)19-13(17(22)23)11-12-5-2-1-3-6-12/h1-7,10,13H,8-9,11H2,(H,18,21)(H,19,20)(H,22,23). The highest BCUT2D eigenvalue weighted by Gasteiger charge is 2.20. The number of furan rings is 1. The van der Waals surface area contributed by atoms with E-state index in [2.05, 4.69) is 10.6 Å². The molecule has 126 valence electrons. The number of benzene rings is 1. The molecule has 1 aromatic carbocycles. The van der Waals surface area contributed by atoms with Gasteiger partial charge in [0.05, 0.1) is 6.26 Å². The Morgan fingerprint density at radius 1 is 1.08 bits per heavy atom. The van der Waals surface area contributed by atoms with Crippen LogP contribution in [0.3, 0.4) is 0 Å². The number of nitrogens with one attached hydrogen (secondary N) is 2. The number of aliphatic carboxylic acids is 1. The van der Waals surface area contributed by atoms with Gasteiger partial charge in [-0.05, 0) is 17.7 Å². The lowest BCUT2D eigenvalue weighted by atomic mass is 10.1. The Morgan fingerprint density at radius 3 is 2.46 bits per heavy atom. The van der Waals surface area contributed by atoms with Crippen LogP contribution in [0.25, 0.3) is 0 Å². The molecule has 0 aliphatic carbocycles. The quantitative estimate of drug-likeness (QED) is 0.674. The number of carboxylic acid groups (broad SMARTS) is 1. The number of amides is 2. The first-order chi connectivity index (χ1) is 11.6. The Balaban J connectivity index is 1.78.